The molecule has 62 heavy (non-hydrogen) atoms. The molecule has 0 aliphatic heterocycles. The van der Waals surface area contributed by atoms with Gasteiger partial charge in [-0.1, -0.05) is 167 Å². The van der Waals surface area contributed by atoms with E-state index < -0.39 is 76.5 Å². The van der Waals surface area contributed by atoms with Crippen LogP contribution in [0.1, 0.15) is 194 Å². The molecular formula is C48H87O13P. The van der Waals surface area contributed by atoms with Gasteiger partial charge in [0.2, 0.25) is 0 Å². The lowest BCUT2D eigenvalue weighted by molar-refractivity contribution is -0.161. The van der Waals surface area contributed by atoms with Gasteiger partial charge < -0.3 is 34.8 Å². The summed E-state index contributed by atoms with van der Waals surface area (Å²) in [5.41, 5.74) is 0. The molecule has 14 heteroatoms. The minimum absolute atomic E-state index is 0.0414. The third-order valence-electron chi connectivity index (χ3n) is 11.4. The predicted octanol–water partition coefficient (Wildman–Crippen LogP) is 9.79. The van der Waals surface area contributed by atoms with Gasteiger partial charge in [0.15, 0.2) is 6.10 Å². The Morgan fingerprint density at radius 2 is 1.29 bits per heavy atom. The third kappa shape index (κ3) is 31.8. The molecule has 0 heterocycles. The molecule has 0 aromatic heterocycles. The average Bonchev–Trinajstić information content (AvgIpc) is 3.51. The van der Waals surface area contributed by atoms with E-state index in [-0.39, 0.29) is 31.0 Å². The zero-order valence-corrected chi connectivity index (χ0v) is 39.6. The molecule has 362 valence electrons. The van der Waals surface area contributed by atoms with Crippen LogP contribution in [0.4, 0.5) is 0 Å². The third-order valence-corrected chi connectivity index (χ3v) is 12.4. The number of unbranched alkanes of at least 4 members (excludes halogenated alkanes) is 18. The molecule has 0 aromatic carbocycles. The van der Waals surface area contributed by atoms with Gasteiger partial charge in [-0.2, -0.15) is 0 Å². The first-order valence-electron chi connectivity index (χ1n) is 24.3. The van der Waals surface area contributed by atoms with Gasteiger partial charge in [-0.05, 0) is 38.0 Å². The van der Waals surface area contributed by atoms with Crippen LogP contribution in [0.5, 0.6) is 0 Å². The molecule has 0 bridgehead atoms. The fourth-order valence-corrected chi connectivity index (χ4v) is 8.36. The normalized spacial score (nSPS) is 19.4. The maximum absolute atomic E-state index is 12.7. The highest BCUT2D eigenvalue weighted by Gasteiger charge is 2.39. The number of aliphatic hydroxyl groups is 4. The summed E-state index contributed by atoms with van der Waals surface area (Å²) in [4.78, 5) is 47.8. The number of allylic oxidation sites excluding steroid dienone is 3. The Morgan fingerprint density at radius 3 is 1.87 bits per heavy atom. The lowest BCUT2D eigenvalue weighted by atomic mass is 9.90. The molecule has 13 nitrogen and oxygen atoms in total. The molecule has 0 amide bonds. The van der Waals surface area contributed by atoms with Gasteiger partial charge in [-0.3, -0.25) is 23.4 Å². The number of aliphatic hydroxyl groups excluding tert-OH is 4. The van der Waals surface area contributed by atoms with E-state index in [2.05, 4.69) is 25.3 Å². The summed E-state index contributed by atoms with van der Waals surface area (Å²) in [5, 5.41) is 39.1. The van der Waals surface area contributed by atoms with Crippen molar-refractivity contribution in [3.8, 4) is 0 Å². The summed E-state index contributed by atoms with van der Waals surface area (Å²) in [6, 6.07) is 0. The van der Waals surface area contributed by atoms with Gasteiger partial charge in [-0.15, -0.1) is 0 Å². The number of phosphoric ester groups is 1. The van der Waals surface area contributed by atoms with Crippen LogP contribution in [0.2, 0.25) is 0 Å². The van der Waals surface area contributed by atoms with E-state index in [1.165, 1.54) is 83.5 Å². The number of esters is 2. The van der Waals surface area contributed by atoms with Crippen LogP contribution in [-0.2, 0) is 37.5 Å². The van der Waals surface area contributed by atoms with Crippen LogP contribution in [-0.4, -0.2) is 93.9 Å². The number of carbonyl (C=O) groups excluding carboxylic acids is 3. The van der Waals surface area contributed by atoms with Crippen LogP contribution in [0.25, 0.3) is 0 Å². The highest BCUT2D eigenvalue weighted by Crippen LogP contribution is 2.43. The van der Waals surface area contributed by atoms with Crippen LogP contribution in [0.15, 0.2) is 24.3 Å². The number of carbonyl (C=O) groups is 3. The Hall–Kier alpha value is -1.96. The van der Waals surface area contributed by atoms with Crippen molar-refractivity contribution in [3.05, 3.63) is 24.3 Å². The zero-order valence-electron chi connectivity index (χ0n) is 38.7. The lowest BCUT2D eigenvalue weighted by Crippen LogP contribution is -2.29. The molecule has 1 saturated carbocycles. The van der Waals surface area contributed by atoms with E-state index in [1.54, 1.807) is 12.2 Å². The van der Waals surface area contributed by atoms with Gasteiger partial charge >= 0.3 is 19.8 Å². The fraction of sp³-hybridized carbons (Fsp3) is 0.854. The number of ketones is 1. The highest BCUT2D eigenvalue weighted by molar-refractivity contribution is 7.47. The fourth-order valence-electron chi connectivity index (χ4n) is 7.57. The second kappa shape index (κ2) is 37.3. The largest absolute Gasteiger partial charge is 0.472 e. The minimum atomic E-state index is -4.68. The van der Waals surface area contributed by atoms with Crippen LogP contribution >= 0.6 is 7.82 Å². The molecule has 1 aliphatic carbocycles. The van der Waals surface area contributed by atoms with Crippen molar-refractivity contribution < 1.29 is 62.8 Å². The number of Topliss-reactive ketones (excluding diaryl/α,β-unsaturated/α-hetero) is 1. The van der Waals surface area contributed by atoms with Crippen molar-refractivity contribution in [1.82, 2.24) is 0 Å². The van der Waals surface area contributed by atoms with Gasteiger partial charge in [0, 0.05) is 31.1 Å². The standard InChI is InChI=1S/C48H87O13P/c1-4-5-22-28-40(50)32-33-44-43(45(52)34-46(44)53)29-24-20-21-25-30-47(54)58-37-42(38-60-62(56,57)59-36-41(51)35-49)61-48(55)31-26-19-17-15-13-11-9-7-6-8-10-12-14-16-18-23-27-39(2)3/h20,24,32-33,39-45,49-52H,4-19,21-23,25-31,34-38H2,1-3H3,(H,56,57)/b24-20-,33-32+/t40-,41-,42+,43+,44+,45-/m0/s1. The molecule has 1 unspecified atom stereocenters. The average molecular weight is 903 g/mol. The molecule has 0 saturated heterocycles. The number of rotatable bonds is 41. The second-order valence-electron chi connectivity index (χ2n) is 17.8. The maximum atomic E-state index is 12.7. The Balaban J connectivity index is 2.39. The number of phosphoric acid groups is 1. The second-order valence-corrected chi connectivity index (χ2v) is 19.2. The summed E-state index contributed by atoms with van der Waals surface area (Å²) in [7, 11) is -4.68. The zero-order chi connectivity index (χ0) is 45.9. The van der Waals surface area contributed by atoms with E-state index in [4.69, 9.17) is 19.1 Å². The van der Waals surface area contributed by atoms with Crippen LogP contribution < -0.4 is 0 Å². The summed E-state index contributed by atoms with van der Waals surface area (Å²) in [5.74, 6) is -1.08. The smallest absolute Gasteiger partial charge is 0.462 e. The number of hydrogen-bond acceptors (Lipinski definition) is 12. The minimum Gasteiger partial charge on any atom is -0.462 e. The Kier molecular flexibility index (Phi) is 34.9. The van der Waals surface area contributed by atoms with Crippen molar-refractivity contribution in [2.24, 2.45) is 17.8 Å². The lowest BCUT2D eigenvalue weighted by Gasteiger charge is -2.20. The molecule has 7 atom stereocenters. The molecule has 5 N–H and O–H groups in total. The molecule has 0 radical (unpaired) electrons. The monoisotopic (exact) mass is 903 g/mol. The van der Waals surface area contributed by atoms with Gasteiger partial charge in [-0.25, -0.2) is 4.57 Å². The molecule has 1 rings (SSSR count). The Labute approximate surface area is 374 Å². The van der Waals surface area contributed by atoms with Gasteiger partial charge in [0.05, 0.1) is 32.0 Å². The van der Waals surface area contributed by atoms with Gasteiger partial charge in [0.1, 0.15) is 18.5 Å². The van der Waals surface area contributed by atoms with Crippen molar-refractivity contribution >= 4 is 25.5 Å². The first-order valence-corrected chi connectivity index (χ1v) is 25.7. The van der Waals surface area contributed by atoms with E-state index in [1.807, 2.05) is 12.2 Å². The first-order chi connectivity index (χ1) is 29.8. The summed E-state index contributed by atoms with van der Waals surface area (Å²) in [6.07, 6.45) is 29.4. The highest BCUT2D eigenvalue weighted by atomic mass is 31.2. The maximum Gasteiger partial charge on any atom is 0.472 e. The number of ether oxygens (including phenoxy) is 2. The van der Waals surface area contributed by atoms with Crippen molar-refractivity contribution in [1.29, 1.82) is 0 Å². The van der Waals surface area contributed by atoms with Crippen molar-refractivity contribution in [3.63, 3.8) is 0 Å². The number of hydrogen-bond donors (Lipinski definition) is 5. The van der Waals surface area contributed by atoms with Crippen molar-refractivity contribution in [2.45, 2.75) is 219 Å². The Morgan fingerprint density at radius 1 is 0.742 bits per heavy atom. The first kappa shape index (κ1) is 58.1. The SMILES string of the molecule is CCCCC[C@H](O)/C=C/[C@H]1C(=O)C[C@H](O)[C@@H]1C/C=C\CCCC(=O)OC[C@H](COP(=O)(O)OC[C@@H](O)CO)OC(=O)CCCCCCCCCCCCCCCCCCC(C)C. The van der Waals surface area contributed by atoms with E-state index in [9.17, 15) is 39.2 Å². The van der Waals surface area contributed by atoms with E-state index >= 15 is 0 Å². The molecule has 0 aromatic rings. The van der Waals surface area contributed by atoms with E-state index in [0.29, 0.717) is 32.1 Å². The molecule has 0 spiro atoms. The quantitative estimate of drug-likeness (QED) is 0.0168. The van der Waals surface area contributed by atoms with Gasteiger partial charge in [0.25, 0.3) is 0 Å². The summed E-state index contributed by atoms with van der Waals surface area (Å²) < 4.78 is 32.8. The molecule has 1 aliphatic rings. The summed E-state index contributed by atoms with van der Waals surface area (Å²) in [6.45, 7) is 4.34. The molecule has 1 fully saturated rings. The van der Waals surface area contributed by atoms with Crippen LogP contribution in [0.3, 0.4) is 0 Å². The van der Waals surface area contributed by atoms with Crippen LogP contribution in [0, 0.1) is 17.8 Å². The topological polar surface area (TPSA) is 206 Å². The Bertz CT molecular complexity index is 1260. The summed E-state index contributed by atoms with van der Waals surface area (Å²) >= 11 is 0. The predicted molar refractivity (Wildman–Crippen MR) is 243 cm³/mol. The molecular weight excluding hydrogens is 815 g/mol. The van der Waals surface area contributed by atoms with Crippen molar-refractivity contribution in [2.75, 3.05) is 26.4 Å². The van der Waals surface area contributed by atoms with E-state index in [0.717, 1.165) is 44.4 Å².